The van der Waals surface area contributed by atoms with E-state index in [9.17, 15) is 14.7 Å². The third kappa shape index (κ3) is 4.35. The summed E-state index contributed by atoms with van der Waals surface area (Å²) in [6, 6.07) is 8.75. The quantitative estimate of drug-likeness (QED) is 0.773. The number of aliphatic hydroxyl groups is 1. The molecule has 0 radical (unpaired) electrons. The van der Waals surface area contributed by atoms with Crippen LogP contribution in [0.4, 0.5) is 9.59 Å². The molecule has 2 amide bonds. The summed E-state index contributed by atoms with van der Waals surface area (Å²) in [6.45, 7) is 0.408. The van der Waals surface area contributed by atoms with Crippen LogP contribution in [-0.4, -0.2) is 52.5 Å². The topological polar surface area (TPSA) is 99.1 Å². The number of rotatable bonds is 3. The number of likely N-dealkylation sites (tertiary alicyclic amines) is 1. The van der Waals surface area contributed by atoms with E-state index in [0.29, 0.717) is 6.42 Å². The Morgan fingerprint density at radius 3 is 2.67 bits per heavy atom. The van der Waals surface area contributed by atoms with Crippen molar-refractivity contribution in [3.63, 3.8) is 0 Å². The van der Waals surface area contributed by atoms with Crippen molar-refractivity contribution in [1.29, 1.82) is 0 Å². The van der Waals surface area contributed by atoms with Crippen LogP contribution in [0.25, 0.3) is 0 Å². The van der Waals surface area contributed by atoms with Crippen LogP contribution in [0.2, 0.25) is 0 Å². The van der Waals surface area contributed by atoms with Crippen molar-refractivity contribution in [1.82, 2.24) is 10.2 Å². The number of carboxylic acid groups (broad SMARTS) is 1. The predicted molar refractivity (Wildman–Crippen MR) is 73.8 cm³/mol. The van der Waals surface area contributed by atoms with E-state index in [4.69, 9.17) is 9.84 Å². The van der Waals surface area contributed by atoms with E-state index in [0.717, 1.165) is 10.5 Å². The monoisotopic (exact) mass is 294 g/mol. The second-order valence-electron chi connectivity index (χ2n) is 4.90. The zero-order chi connectivity index (χ0) is 15.2. The van der Waals surface area contributed by atoms with E-state index < -0.39 is 24.3 Å². The van der Waals surface area contributed by atoms with Crippen LogP contribution in [0.3, 0.4) is 0 Å². The van der Waals surface area contributed by atoms with E-state index in [1.54, 1.807) is 0 Å². The molecule has 0 saturated carbocycles. The van der Waals surface area contributed by atoms with Crippen molar-refractivity contribution in [2.24, 2.45) is 0 Å². The molecule has 2 atom stereocenters. The Kier molecular flexibility index (Phi) is 4.99. The highest BCUT2D eigenvalue weighted by atomic mass is 16.5. The number of alkyl carbamates (subject to hydrolysis) is 1. The van der Waals surface area contributed by atoms with Gasteiger partial charge < -0.3 is 25.2 Å². The first kappa shape index (κ1) is 15.1. The van der Waals surface area contributed by atoms with Gasteiger partial charge in [0, 0.05) is 6.54 Å². The van der Waals surface area contributed by atoms with Gasteiger partial charge in [0.1, 0.15) is 6.61 Å². The average molecular weight is 294 g/mol. The minimum absolute atomic E-state index is 0.0149. The number of nitrogens with one attached hydrogen (secondary N) is 1. The summed E-state index contributed by atoms with van der Waals surface area (Å²) in [5, 5.41) is 21.3. The second-order valence-corrected chi connectivity index (χ2v) is 4.90. The summed E-state index contributed by atoms with van der Waals surface area (Å²) < 4.78 is 5.06. The minimum atomic E-state index is -1.07. The maximum absolute atomic E-state index is 11.7. The van der Waals surface area contributed by atoms with E-state index in [1.165, 1.54) is 0 Å². The maximum Gasteiger partial charge on any atom is 0.407 e. The molecule has 7 heteroatoms. The first-order valence-electron chi connectivity index (χ1n) is 6.69. The lowest BCUT2D eigenvalue weighted by Gasteiger charge is -2.34. The standard InChI is InChI=1S/C14H18N2O5/c17-12-8-16(14(19)20)7-6-11(12)15-13(18)21-9-10-4-2-1-3-5-10/h1-5,11-12,17H,6-9H2,(H,15,18)(H,19,20)/t11?,12-/m1/s1. The van der Waals surface area contributed by atoms with E-state index in [-0.39, 0.29) is 19.7 Å². The molecule has 1 saturated heterocycles. The molecule has 1 aliphatic rings. The smallest absolute Gasteiger partial charge is 0.407 e. The third-order valence-corrected chi connectivity index (χ3v) is 3.37. The zero-order valence-corrected chi connectivity index (χ0v) is 11.4. The largest absolute Gasteiger partial charge is 0.465 e. The van der Waals surface area contributed by atoms with Crippen LogP contribution >= 0.6 is 0 Å². The number of carbonyl (C=O) groups excluding carboxylic acids is 1. The molecule has 7 nitrogen and oxygen atoms in total. The van der Waals surface area contributed by atoms with Gasteiger partial charge in [-0.05, 0) is 12.0 Å². The maximum atomic E-state index is 11.7. The first-order valence-corrected chi connectivity index (χ1v) is 6.69. The molecule has 1 aromatic carbocycles. The fraction of sp³-hybridized carbons (Fsp3) is 0.429. The van der Waals surface area contributed by atoms with Gasteiger partial charge >= 0.3 is 12.2 Å². The van der Waals surface area contributed by atoms with Crippen LogP contribution in [0.15, 0.2) is 30.3 Å². The summed E-state index contributed by atoms with van der Waals surface area (Å²) in [6.07, 6.45) is -2.27. The summed E-state index contributed by atoms with van der Waals surface area (Å²) in [7, 11) is 0. The highest BCUT2D eigenvalue weighted by molar-refractivity contribution is 5.68. The van der Waals surface area contributed by atoms with Gasteiger partial charge in [-0.15, -0.1) is 0 Å². The van der Waals surface area contributed by atoms with Crippen molar-refractivity contribution in [2.45, 2.75) is 25.2 Å². The van der Waals surface area contributed by atoms with E-state index in [2.05, 4.69) is 5.32 Å². The number of nitrogens with zero attached hydrogens (tertiary/aromatic N) is 1. The van der Waals surface area contributed by atoms with Crippen molar-refractivity contribution < 1.29 is 24.5 Å². The predicted octanol–water partition coefficient (Wildman–Crippen LogP) is 1.03. The molecule has 1 unspecified atom stereocenters. The number of piperidine rings is 1. The first-order chi connectivity index (χ1) is 10.1. The molecule has 3 N–H and O–H groups in total. The van der Waals surface area contributed by atoms with E-state index >= 15 is 0 Å². The molecule has 0 bridgehead atoms. The number of carbonyl (C=O) groups is 2. The molecule has 2 rings (SSSR count). The summed E-state index contributed by atoms with van der Waals surface area (Å²) in [5.74, 6) is 0. The molecular formula is C14H18N2O5. The molecule has 1 aliphatic heterocycles. The average Bonchev–Trinajstić information content (AvgIpc) is 2.48. The van der Waals surface area contributed by atoms with Gasteiger partial charge in [0.15, 0.2) is 0 Å². The van der Waals surface area contributed by atoms with Crippen molar-refractivity contribution in [2.75, 3.05) is 13.1 Å². The van der Waals surface area contributed by atoms with Crippen LogP contribution in [0.1, 0.15) is 12.0 Å². The summed E-state index contributed by atoms with van der Waals surface area (Å²) in [4.78, 5) is 23.6. The fourth-order valence-corrected chi connectivity index (χ4v) is 2.19. The SMILES string of the molecule is O=C(NC1CCN(C(=O)O)C[C@H]1O)OCc1ccccc1. The number of hydrogen-bond acceptors (Lipinski definition) is 4. The highest BCUT2D eigenvalue weighted by Gasteiger charge is 2.31. The molecule has 1 heterocycles. The van der Waals surface area contributed by atoms with Gasteiger partial charge in [0.25, 0.3) is 0 Å². The molecule has 0 aliphatic carbocycles. The van der Waals surface area contributed by atoms with Crippen LogP contribution < -0.4 is 5.32 Å². The van der Waals surface area contributed by atoms with E-state index in [1.807, 2.05) is 30.3 Å². The number of amides is 2. The lowest BCUT2D eigenvalue weighted by molar-refractivity contribution is 0.0383. The van der Waals surface area contributed by atoms with Crippen molar-refractivity contribution in [3.05, 3.63) is 35.9 Å². The summed E-state index contributed by atoms with van der Waals surface area (Å²) in [5.41, 5.74) is 0.869. The zero-order valence-electron chi connectivity index (χ0n) is 11.4. The molecule has 1 fully saturated rings. The molecule has 0 spiro atoms. The molecule has 0 aromatic heterocycles. The number of benzene rings is 1. The molecule has 114 valence electrons. The Morgan fingerprint density at radius 1 is 1.33 bits per heavy atom. The van der Waals surface area contributed by atoms with Gasteiger partial charge in [-0.3, -0.25) is 0 Å². The molecular weight excluding hydrogens is 276 g/mol. The normalized spacial score (nSPS) is 21.7. The van der Waals surface area contributed by atoms with Gasteiger partial charge in [0.2, 0.25) is 0 Å². The Balaban J connectivity index is 1.77. The lowest BCUT2D eigenvalue weighted by Crippen LogP contribution is -2.55. The summed E-state index contributed by atoms with van der Waals surface area (Å²) >= 11 is 0. The second kappa shape index (κ2) is 6.94. The Morgan fingerprint density at radius 2 is 2.05 bits per heavy atom. The molecule has 21 heavy (non-hydrogen) atoms. The van der Waals surface area contributed by atoms with Crippen molar-refractivity contribution >= 4 is 12.2 Å². The van der Waals surface area contributed by atoms with Crippen LogP contribution in [0, 0.1) is 0 Å². The van der Waals surface area contributed by atoms with Gasteiger partial charge in [-0.25, -0.2) is 9.59 Å². The number of β-amino-alcohol motifs (C(OH)–C–C–N with tert-alkyl or cyclic N) is 1. The van der Waals surface area contributed by atoms with Crippen LogP contribution in [0.5, 0.6) is 0 Å². The number of hydrogen-bond donors (Lipinski definition) is 3. The number of aliphatic hydroxyl groups excluding tert-OH is 1. The molecule has 1 aromatic rings. The Labute approximate surface area is 122 Å². The Hall–Kier alpha value is -2.28. The van der Waals surface area contributed by atoms with Gasteiger partial charge in [-0.1, -0.05) is 30.3 Å². The van der Waals surface area contributed by atoms with Crippen molar-refractivity contribution in [3.8, 4) is 0 Å². The fourth-order valence-electron chi connectivity index (χ4n) is 2.19. The van der Waals surface area contributed by atoms with Gasteiger partial charge in [-0.2, -0.15) is 0 Å². The lowest BCUT2D eigenvalue weighted by atomic mass is 10.0. The number of ether oxygens (including phenoxy) is 1. The minimum Gasteiger partial charge on any atom is -0.465 e. The van der Waals surface area contributed by atoms with Crippen LogP contribution in [-0.2, 0) is 11.3 Å². The van der Waals surface area contributed by atoms with Gasteiger partial charge in [0.05, 0.1) is 18.7 Å². The third-order valence-electron chi connectivity index (χ3n) is 3.37. The highest BCUT2D eigenvalue weighted by Crippen LogP contribution is 2.11. The Bertz CT molecular complexity index is 493.